The fourth-order valence-electron chi connectivity index (χ4n) is 2.50. The van der Waals surface area contributed by atoms with Gasteiger partial charge in [-0.2, -0.15) is 0 Å². The minimum Gasteiger partial charge on any atom is -0.273 e. The number of nitrogens with zero attached hydrogens (tertiary/aromatic N) is 2. The summed E-state index contributed by atoms with van der Waals surface area (Å²) in [5.41, 5.74) is 6.15. The zero-order valence-corrected chi connectivity index (χ0v) is 15.4. The van der Waals surface area contributed by atoms with Gasteiger partial charge in [-0.15, -0.1) is 0 Å². The molecule has 2 N–H and O–H groups in total. The molecule has 1 amide bonds. The van der Waals surface area contributed by atoms with E-state index < -0.39 is 10.0 Å². The van der Waals surface area contributed by atoms with Crippen molar-refractivity contribution >= 4 is 27.0 Å². The fraction of sp³-hybridized carbons (Fsp3) is 0.222. The van der Waals surface area contributed by atoms with Crippen LogP contribution in [-0.2, 0) is 14.8 Å². The first-order valence-electron chi connectivity index (χ1n) is 8.16. The molecule has 2 aromatic carbocycles. The van der Waals surface area contributed by atoms with Crippen LogP contribution in [0.15, 0.2) is 53.7 Å². The van der Waals surface area contributed by atoms with Crippen LogP contribution in [0.2, 0.25) is 0 Å². The number of sulfonamides is 1. The van der Waals surface area contributed by atoms with Gasteiger partial charge in [0.05, 0.1) is 15.9 Å². The Morgan fingerprint density at radius 2 is 1.88 bits per heavy atom. The largest absolute Gasteiger partial charge is 0.273 e. The molecule has 0 aliphatic rings. The third-order valence-electron chi connectivity index (χ3n) is 4.13. The Bertz CT molecular complexity index is 1060. The number of para-hydroxylation sites is 2. The number of aromatic nitrogens is 2. The monoisotopic (exact) mass is 372 g/mol. The van der Waals surface area contributed by atoms with Gasteiger partial charge in [0.15, 0.2) is 0 Å². The van der Waals surface area contributed by atoms with E-state index in [1.54, 1.807) is 18.2 Å². The Labute approximate surface area is 152 Å². The van der Waals surface area contributed by atoms with Gasteiger partial charge in [0.1, 0.15) is 6.33 Å². The lowest BCUT2D eigenvalue weighted by Crippen LogP contribution is -2.30. The normalized spacial score (nSPS) is 11.6. The van der Waals surface area contributed by atoms with Gasteiger partial charge in [0, 0.05) is 13.0 Å². The van der Waals surface area contributed by atoms with Crippen molar-refractivity contribution in [3.8, 4) is 0 Å². The van der Waals surface area contributed by atoms with Crippen LogP contribution in [-0.4, -0.2) is 30.5 Å². The molecule has 0 aliphatic carbocycles. The summed E-state index contributed by atoms with van der Waals surface area (Å²) in [6, 6.07) is 12.3. The van der Waals surface area contributed by atoms with Crippen molar-refractivity contribution in [2.45, 2.75) is 25.2 Å². The summed E-state index contributed by atoms with van der Waals surface area (Å²) in [6.45, 7) is 3.79. The quantitative estimate of drug-likeness (QED) is 0.693. The first-order valence-corrected chi connectivity index (χ1v) is 9.64. The molecule has 26 heavy (non-hydrogen) atoms. The topological polar surface area (TPSA) is 93.1 Å². The Hall–Kier alpha value is -2.71. The van der Waals surface area contributed by atoms with Crippen LogP contribution >= 0.6 is 0 Å². The summed E-state index contributed by atoms with van der Waals surface area (Å²) in [7, 11) is -3.64. The molecule has 0 unspecified atom stereocenters. The number of fused-ring (bicyclic) bond motifs is 1. The van der Waals surface area contributed by atoms with Crippen molar-refractivity contribution in [3.05, 3.63) is 59.9 Å². The average Bonchev–Trinajstić information content (AvgIpc) is 3.00. The lowest BCUT2D eigenvalue weighted by molar-refractivity contribution is -0.116. The minimum absolute atomic E-state index is 0.00766. The van der Waals surface area contributed by atoms with E-state index in [2.05, 4.69) is 15.1 Å². The zero-order valence-electron chi connectivity index (χ0n) is 14.6. The summed E-state index contributed by atoms with van der Waals surface area (Å²) >= 11 is 0. The number of imidazole rings is 1. The Kier molecular flexibility index (Phi) is 5.06. The fourth-order valence-corrected chi connectivity index (χ4v) is 3.62. The molecular formula is C18H20N4O3S. The Morgan fingerprint density at radius 1 is 1.12 bits per heavy atom. The van der Waals surface area contributed by atoms with E-state index in [4.69, 9.17) is 0 Å². The minimum atomic E-state index is -3.64. The molecule has 1 aromatic heterocycles. The van der Waals surface area contributed by atoms with Gasteiger partial charge < -0.3 is 0 Å². The number of aryl methyl sites for hydroxylation is 2. The number of amides is 1. The van der Waals surface area contributed by atoms with Gasteiger partial charge in [-0.25, -0.2) is 22.8 Å². The van der Waals surface area contributed by atoms with Gasteiger partial charge in [-0.1, -0.05) is 18.2 Å². The molecule has 3 rings (SSSR count). The van der Waals surface area contributed by atoms with Crippen molar-refractivity contribution in [3.63, 3.8) is 0 Å². The van der Waals surface area contributed by atoms with E-state index in [0.717, 1.165) is 22.2 Å². The second-order valence-electron chi connectivity index (χ2n) is 6.03. The molecule has 1 heterocycles. The Morgan fingerprint density at radius 3 is 2.65 bits per heavy atom. The van der Waals surface area contributed by atoms with Crippen LogP contribution in [0.25, 0.3) is 11.0 Å². The maximum absolute atomic E-state index is 12.3. The average molecular weight is 372 g/mol. The molecule has 3 aromatic rings. The second-order valence-corrected chi connectivity index (χ2v) is 7.80. The molecule has 7 nitrogen and oxygen atoms in total. The van der Waals surface area contributed by atoms with Gasteiger partial charge in [0.25, 0.3) is 0 Å². The van der Waals surface area contributed by atoms with E-state index in [1.807, 2.05) is 38.1 Å². The molecule has 8 heteroatoms. The van der Waals surface area contributed by atoms with Crippen LogP contribution in [0.1, 0.15) is 17.5 Å². The van der Waals surface area contributed by atoms with Crippen molar-refractivity contribution in [2.75, 3.05) is 12.0 Å². The van der Waals surface area contributed by atoms with Crippen molar-refractivity contribution in [2.24, 2.45) is 0 Å². The van der Waals surface area contributed by atoms with Crippen LogP contribution in [0.3, 0.4) is 0 Å². The number of hydrogen-bond acceptors (Lipinski definition) is 4. The third kappa shape index (κ3) is 3.92. The molecule has 0 bridgehead atoms. The first-order chi connectivity index (χ1) is 12.4. The van der Waals surface area contributed by atoms with Crippen LogP contribution in [0.5, 0.6) is 0 Å². The molecular weight excluding hydrogens is 352 g/mol. The van der Waals surface area contributed by atoms with E-state index in [-0.39, 0.29) is 23.8 Å². The van der Waals surface area contributed by atoms with E-state index in [9.17, 15) is 13.2 Å². The highest BCUT2D eigenvalue weighted by atomic mass is 32.2. The Balaban J connectivity index is 1.58. The molecule has 0 spiro atoms. The highest BCUT2D eigenvalue weighted by Crippen LogP contribution is 2.14. The van der Waals surface area contributed by atoms with Gasteiger partial charge in [-0.05, 0) is 49.2 Å². The van der Waals surface area contributed by atoms with Gasteiger partial charge >= 0.3 is 0 Å². The van der Waals surface area contributed by atoms with E-state index in [0.29, 0.717) is 0 Å². The SMILES string of the molecule is Cc1ccc(S(=O)(=O)NCCC(=O)Nn2cnc3ccccc32)cc1C. The number of rotatable bonds is 6. The lowest BCUT2D eigenvalue weighted by atomic mass is 10.1. The maximum atomic E-state index is 12.3. The smallest absolute Gasteiger partial charge is 0.240 e. The summed E-state index contributed by atoms with van der Waals surface area (Å²) < 4.78 is 28.6. The number of carbonyl (C=O) groups excluding carboxylic acids is 1. The second kappa shape index (κ2) is 7.27. The molecule has 0 atom stereocenters. The molecule has 136 valence electrons. The number of carbonyl (C=O) groups is 1. The molecule has 0 aliphatic heterocycles. The summed E-state index contributed by atoms with van der Waals surface area (Å²) in [5.74, 6) is -0.309. The maximum Gasteiger partial charge on any atom is 0.240 e. The number of benzene rings is 2. The van der Waals surface area contributed by atoms with E-state index >= 15 is 0 Å². The number of nitrogens with one attached hydrogen (secondary N) is 2. The predicted molar refractivity (Wildman–Crippen MR) is 99.8 cm³/mol. The number of hydrogen-bond donors (Lipinski definition) is 2. The predicted octanol–water partition coefficient (Wildman–Crippen LogP) is 2.09. The highest BCUT2D eigenvalue weighted by Gasteiger charge is 2.15. The molecule has 0 saturated carbocycles. The van der Waals surface area contributed by atoms with Crippen LogP contribution in [0, 0.1) is 13.8 Å². The van der Waals surface area contributed by atoms with Crippen molar-refractivity contribution in [1.29, 1.82) is 0 Å². The summed E-state index contributed by atoms with van der Waals surface area (Å²) in [6.07, 6.45) is 1.53. The van der Waals surface area contributed by atoms with E-state index in [1.165, 1.54) is 11.0 Å². The summed E-state index contributed by atoms with van der Waals surface area (Å²) in [5, 5.41) is 0. The summed E-state index contributed by atoms with van der Waals surface area (Å²) in [4.78, 5) is 16.5. The van der Waals surface area contributed by atoms with Crippen molar-refractivity contribution in [1.82, 2.24) is 14.4 Å². The third-order valence-corrected chi connectivity index (χ3v) is 5.59. The zero-order chi connectivity index (χ0) is 18.7. The highest BCUT2D eigenvalue weighted by molar-refractivity contribution is 7.89. The van der Waals surface area contributed by atoms with Crippen molar-refractivity contribution < 1.29 is 13.2 Å². The van der Waals surface area contributed by atoms with Crippen LogP contribution < -0.4 is 10.1 Å². The van der Waals surface area contributed by atoms with Gasteiger partial charge in [0.2, 0.25) is 15.9 Å². The molecule has 0 radical (unpaired) electrons. The molecule has 0 fully saturated rings. The first kappa shape index (κ1) is 18.1. The van der Waals surface area contributed by atoms with Crippen LogP contribution in [0.4, 0.5) is 0 Å². The lowest BCUT2D eigenvalue weighted by Gasteiger charge is -2.10. The molecule has 0 saturated heterocycles. The standard InChI is InChI=1S/C18H20N4O3S/c1-13-7-8-15(11-14(13)2)26(24,25)20-10-9-18(23)21-22-12-19-16-5-3-4-6-17(16)22/h3-8,11-12,20H,9-10H2,1-2H3,(H,21,23). The van der Waals surface area contributed by atoms with Gasteiger partial charge in [-0.3, -0.25) is 10.2 Å².